The van der Waals surface area contributed by atoms with Gasteiger partial charge in [-0.3, -0.25) is 0 Å². The Labute approximate surface area is 125 Å². The summed E-state index contributed by atoms with van der Waals surface area (Å²) < 4.78 is 40.9. The number of nitrogens with one attached hydrogen (secondary N) is 1. The molecule has 0 aliphatic carbocycles. The van der Waals surface area contributed by atoms with Crippen LogP contribution < -0.4 is 10.1 Å². The maximum Gasteiger partial charge on any atom is 0.573 e. The number of carbonyl (C=O) groups excluding carboxylic acids is 1. The van der Waals surface area contributed by atoms with E-state index in [1.165, 1.54) is 23.1 Å². The summed E-state index contributed by atoms with van der Waals surface area (Å²) in [7, 11) is 0. The lowest BCUT2D eigenvalue weighted by atomic mass is 9.96. The Morgan fingerprint density at radius 3 is 2.73 bits per heavy atom. The van der Waals surface area contributed by atoms with Gasteiger partial charge in [-0.15, -0.1) is 13.2 Å². The number of anilines is 1. The fourth-order valence-electron chi connectivity index (χ4n) is 2.21. The van der Waals surface area contributed by atoms with Crippen molar-refractivity contribution in [2.45, 2.75) is 25.8 Å². The Morgan fingerprint density at radius 2 is 2.09 bits per heavy atom. The number of urea groups is 1. The summed E-state index contributed by atoms with van der Waals surface area (Å²) in [5.74, 6) is -0.390. The SMILES string of the molecule is CC1CCN(C(=O)Nc2ccccc2OC(F)(F)F)CC1O. The van der Waals surface area contributed by atoms with E-state index in [2.05, 4.69) is 10.1 Å². The standard InChI is InChI=1S/C14H17F3N2O3/c1-9-6-7-19(8-11(9)20)13(21)18-10-4-2-3-5-12(10)22-14(15,16)17/h2-5,9,11,20H,6-8H2,1H3,(H,18,21). The van der Waals surface area contributed by atoms with Crippen LogP contribution in [0.1, 0.15) is 13.3 Å². The molecular formula is C14H17F3N2O3. The molecule has 1 saturated heterocycles. The summed E-state index contributed by atoms with van der Waals surface area (Å²) in [5, 5.41) is 12.2. The van der Waals surface area contributed by atoms with E-state index in [9.17, 15) is 23.1 Å². The molecule has 0 aromatic heterocycles. The van der Waals surface area contributed by atoms with Crippen LogP contribution in [-0.4, -0.2) is 41.6 Å². The molecule has 122 valence electrons. The van der Waals surface area contributed by atoms with E-state index in [4.69, 9.17) is 0 Å². The van der Waals surface area contributed by atoms with E-state index in [-0.39, 0.29) is 18.2 Å². The minimum atomic E-state index is -4.84. The molecule has 1 fully saturated rings. The predicted octanol–water partition coefficient (Wildman–Crippen LogP) is 2.82. The molecule has 1 heterocycles. The normalized spacial score (nSPS) is 22.3. The van der Waals surface area contributed by atoms with Crippen molar-refractivity contribution in [2.75, 3.05) is 18.4 Å². The predicted molar refractivity (Wildman–Crippen MR) is 73.5 cm³/mol. The summed E-state index contributed by atoms with van der Waals surface area (Å²) in [6.07, 6.45) is -4.84. The summed E-state index contributed by atoms with van der Waals surface area (Å²) in [6, 6.07) is 4.75. The van der Waals surface area contributed by atoms with Gasteiger partial charge in [-0.2, -0.15) is 0 Å². The number of aliphatic hydroxyl groups is 1. The minimum absolute atomic E-state index is 0.0714. The lowest BCUT2D eigenvalue weighted by Crippen LogP contribution is -2.47. The second-order valence-electron chi connectivity index (χ2n) is 5.25. The maximum absolute atomic E-state index is 12.3. The second kappa shape index (κ2) is 6.43. The number of alkyl halides is 3. The first-order valence-electron chi connectivity index (χ1n) is 6.85. The van der Waals surface area contributed by atoms with E-state index in [0.717, 1.165) is 6.07 Å². The molecule has 5 nitrogen and oxygen atoms in total. The van der Waals surface area contributed by atoms with Gasteiger partial charge < -0.3 is 20.1 Å². The topological polar surface area (TPSA) is 61.8 Å². The zero-order valence-electron chi connectivity index (χ0n) is 11.9. The van der Waals surface area contributed by atoms with Gasteiger partial charge in [0, 0.05) is 13.1 Å². The number of halogens is 3. The van der Waals surface area contributed by atoms with Gasteiger partial charge in [0.25, 0.3) is 0 Å². The highest BCUT2D eigenvalue weighted by molar-refractivity contribution is 5.91. The van der Waals surface area contributed by atoms with Crippen LogP contribution in [0.2, 0.25) is 0 Å². The lowest BCUT2D eigenvalue weighted by molar-refractivity contribution is -0.274. The number of β-amino-alcohol motifs (C(OH)–C–C–N with tert-alkyl or cyclic N) is 1. The van der Waals surface area contributed by atoms with Gasteiger partial charge in [0.2, 0.25) is 0 Å². The van der Waals surface area contributed by atoms with Crippen LogP contribution in [0.25, 0.3) is 0 Å². The van der Waals surface area contributed by atoms with E-state index < -0.39 is 24.2 Å². The molecule has 2 N–H and O–H groups in total. The van der Waals surface area contributed by atoms with Crippen LogP contribution in [0.3, 0.4) is 0 Å². The number of rotatable bonds is 2. The van der Waals surface area contributed by atoms with Crippen LogP contribution in [0, 0.1) is 5.92 Å². The third-order valence-electron chi connectivity index (χ3n) is 3.56. The Balaban J connectivity index is 2.06. The molecule has 1 aromatic rings. The molecule has 2 unspecified atom stereocenters. The second-order valence-corrected chi connectivity index (χ2v) is 5.25. The van der Waals surface area contributed by atoms with Crippen LogP contribution >= 0.6 is 0 Å². The highest BCUT2D eigenvalue weighted by atomic mass is 19.4. The number of piperidine rings is 1. The Bertz CT molecular complexity index is 536. The zero-order valence-corrected chi connectivity index (χ0v) is 11.9. The number of nitrogens with zero attached hydrogens (tertiary/aromatic N) is 1. The average Bonchev–Trinajstić information content (AvgIpc) is 2.42. The number of likely N-dealkylation sites (tertiary alicyclic amines) is 1. The van der Waals surface area contributed by atoms with Gasteiger partial charge in [0.1, 0.15) is 0 Å². The van der Waals surface area contributed by atoms with Gasteiger partial charge >= 0.3 is 12.4 Å². The van der Waals surface area contributed by atoms with Crippen molar-refractivity contribution >= 4 is 11.7 Å². The minimum Gasteiger partial charge on any atom is -0.404 e. The largest absolute Gasteiger partial charge is 0.573 e. The Kier molecular flexibility index (Phi) is 4.80. The first-order chi connectivity index (χ1) is 10.3. The molecule has 0 bridgehead atoms. The zero-order chi connectivity index (χ0) is 16.3. The highest BCUT2D eigenvalue weighted by Crippen LogP contribution is 2.30. The molecule has 2 amide bonds. The summed E-state index contributed by atoms with van der Waals surface area (Å²) >= 11 is 0. The molecule has 8 heteroatoms. The van der Waals surface area contributed by atoms with Crippen molar-refractivity contribution in [3.05, 3.63) is 24.3 Å². The van der Waals surface area contributed by atoms with Crippen molar-refractivity contribution in [2.24, 2.45) is 5.92 Å². The lowest BCUT2D eigenvalue weighted by Gasteiger charge is -2.34. The Hall–Kier alpha value is -1.96. The van der Waals surface area contributed by atoms with Gasteiger partial charge in [0.05, 0.1) is 11.8 Å². The molecule has 0 radical (unpaired) electrons. The third kappa shape index (κ3) is 4.27. The summed E-state index contributed by atoms with van der Waals surface area (Å²) in [5.41, 5.74) is -0.0714. The fraction of sp³-hybridized carbons (Fsp3) is 0.500. The molecule has 22 heavy (non-hydrogen) atoms. The van der Waals surface area contributed by atoms with Crippen molar-refractivity contribution in [3.8, 4) is 5.75 Å². The number of ether oxygens (including phenoxy) is 1. The van der Waals surface area contributed by atoms with Crippen molar-refractivity contribution < 1.29 is 27.8 Å². The monoisotopic (exact) mass is 318 g/mol. The van der Waals surface area contributed by atoms with Crippen LogP contribution in [0.15, 0.2) is 24.3 Å². The number of amides is 2. The van der Waals surface area contributed by atoms with Crippen LogP contribution in [0.5, 0.6) is 5.75 Å². The van der Waals surface area contributed by atoms with Gasteiger partial charge in [-0.1, -0.05) is 19.1 Å². The third-order valence-corrected chi connectivity index (χ3v) is 3.56. The number of aliphatic hydroxyl groups excluding tert-OH is 1. The van der Waals surface area contributed by atoms with Crippen molar-refractivity contribution in [1.82, 2.24) is 4.90 Å². The molecular weight excluding hydrogens is 301 g/mol. The van der Waals surface area contributed by atoms with Crippen molar-refractivity contribution in [1.29, 1.82) is 0 Å². The molecule has 1 aromatic carbocycles. The highest BCUT2D eigenvalue weighted by Gasteiger charge is 2.33. The van der Waals surface area contributed by atoms with E-state index in [1.54, 1.807) is 0 Å². The van der Waals surface area contributed by atoms with E-state index >= 15 is 0 Å². The first kappa shape index (κ1) is 16.4. The molecule has 2 rings (SSSR count). The van der Waals surface area contributed by atoms with Crippen LogP contribution in [-0.2, 0) is 0 Å². The van der Waals surface area contributed by atoms with E-state index in [1.807, 2.05) is 6.92 Å². The quantitative estimate of drug-likeness (QED) is 0.881. The first-order valence-corrected chi connectivity index (χ1v) is 6.85. The molecule has 0 saturated carbocycles. The number of hydrogen-bond acceptors (Lipinski definition) is 3. The van der Waals surface area contributed by atoms with E-state index in [0.29, 0.717) is 13.0 Å². The smallest absolute Gasteiger partial charge is 0.404 e. The summed E-state index contributed by atoms with van der Waals surface area (Å²) in [6.45, 7) is 2.47. The molecule has 0 spiro atoms. The number of hydrogen-bond donors (Lipinski definition) is 2. The maximum atomic E-state index is 12.3. The Morgan fingerprint density at radius 1 is 1.41 bits per heavy atom. The molecule has 1 aliphatic rings. The van der Waals surface area contributed by atoms with Gasteiger partial charge in [0.15, 0.2) is 5.75 Å². The molecule has 2 atom stereocenters. The van der Waals surface area contributed by atoms with Crippen molar-refractivity contribution in [3.63, 3.8) is 0 Å². The average molecular weight is 318 g/mol. The summed E-state index contributed by atoms with van der Waals surface area (Å²) in [4.78, 5) is 13.5. The number of para-hydroxylation sites is 2. The number of benzene rings is 1. The van der Waals surface area contributed by atoms with Gasteiger partial charge in [-0.25, -0.2) is 4.79 Å². The number of carbonyl (C=O) groups is 1. The fourth-order valence-corrected chi connectivity index (χ4v) is 2.21. The molecule has 1 aliphatic heterocycles. The van der Waals surface area contributed by atoms with Crippen LogP contribution in [0.4, 0.5) is 23.7 Å². The van der Waals surface area contributed by atoms with Gasteiger partial charge in [-0.05, 0) is 24.5 Å².